The summed E-state index contributed by atoms with van der Waals surface area (Å²) in [5.74, 6) is -0.467. The zero-order chi connectivity index (χ0) is 17.7. The SMILES string of the molecule is CCN(CC)C(=O)c1ccc(NC(=O)c2ccc(=O)n(C)n2)cc1. The van der Waals surface area contributed by atoms with Gasteiger partial charge in [0.2, 0.25) is 0 Å². The number of hydrogen-bond acceptors (Lipinski definition) is 4. The first-order valence-corrected chi connectivity index (χ1v) is 7.71. The molecule has 2 amide bonds. The highest BCUT2D eigenvalue weighted by atomic mass is 16.2. The first kappa shape index (κ1) is 17.4. The Balaban J connectivity index is 2.11. The van der Waals surface area contributed by atoms with Gasteiger partial charge in [-0.15, -0.1) is 0 Å². The standard InChI is InChI=1S/C17H20N4O3/c1-4-21(5-2)17(24)12-6-8-13(9-7-12)18-16(23)14-10-11-15(22)20(3)19-14/h6-11H,4-5H2,1-3H3,(H,18,23). The number of amides is 2. The number of nitrogens with zero attached hydrogens (tertiary/aromatic N) is 3. The number of aryl methyl sites for hydroxylation is 1. The lowest BCUT2D eigenvalue weighted by Crippen LogP contribution is -2.30. The summed E-state index contributed by atoms with van der Waals surface area (Å²) >= 11 is 0. The molecule has 1 N–H and O–H groups in total. The number of carbonyl (C=O) groups is 2. The van der Waals surface area contributed by atoms with Crippen LogP contribution >= 0.6 is 0 Å². The van der Waals surface area contributed by atoms with Gasteiger partial charge in [0.1, 0.15) is 5.69 Å². The molecule has 126 valence electrons. The molecule has 0 unspecified atom stereocenters. The summed E-state index contributed by atoms with van der Waals surface area (Å²) in [4.78, 5) is 37.4. The van der Waals surface area contributed by atoms with Crippen molar-refractivity contribution in [2.45, 2.75) is 13.8 Å². The lowest BCUT2D eigenvalue weighted by Gasteiger charge is -2.18. The Morgan fingerprint density at radius 3 is 2.25 bits per heavy atom. The van der Waals surface area contributed by atoms with Crippen molar-refractivity contribution < 1.29 is 9.59 Å². The van der Waals surface area contributed by atoms with E-state index < -0.39 is 5.91 Å². The summed E-state index contributed by atoms with van der Waals surface area (Å²) in [5.41, 5.74) is 0.967. The van der Waals surface area contributed by atoms with Gasteiger partial charge in [-0.2, -0.15) is 5.10 Å². The molecular weight excluding hydrogens is 308 g/mol. The minimum absolute atomic E-state index is 0.0439. The van der Waals surface area contributed by atoms with Gasteiger partial charge in [0.15, 0.2) is 0 Å². The maximum atomic E-state index is 12.2. The molecule has 7 nitrogen and oxygen atoms in total. The van der Waals surface area contributed by atoms with Gasteiger partial charge in [0.25, 0.3) is 17.4 Å². The van der Waals surface area contributed by atoms with E-state index in [1.807, 2.05) is 13.8 Å². The fourth-order valence-electron chi connectivity index (χ4n) is 2.21. The Morgan fingerprint density at radius 1 is 1.08 bits per heavy atom. The second-order valence-corrected chi connectivity index (χ2v) is 5.19. The highest BCUT2D eigenvalue weighted by molar-refractivity contribution is 6.03. The van der Waals surface area contributed by atoms with E-state index in [0.717, 1.165) is 4.68 Å². The molecule has 0 aliphatic carbocycles. The number of anilines is 1. The van der Waals surface area contributed by atoms with Crippen molar-refractivity contribution >= 4 is 17.5 Å². The van der Waals surface area contributed by atoms with Gasteiger partial charge in [-0.05, 0) is 44.2 Å². The third kappa shape index (κ3) is 3.87. The van der Waals surface area contributed by atoms with Crippen LogP contribution < -0.4 is 10.9 Å². The molecule has 0 radical (unpaired) electrons. The number of nitrogens with one attached hydrogen (secondary N) is 1. The summed E-state index contributed by atoms with van der Waals surface area (Å²) in [6.45, 7) is 5.14. The zero-order valence-corrected chi connectivity index (χ0v) is 13.9. The highest BCUT2D eigenvalue weighted by Crippen LogP contribution is 2.12. The molecule has 0 atom stereocenters. The maximum Gasteiger partial charge on any atom is 0.276 e. The quantitative estimate of drug-likeness (QED) is 0.902. The van der Waals surface area contributed by atoms with Crippen LogP contribution in [-0.4, -0.2) is 39.6 Å². The normalized spacial score (nSPS) is 10.3. The van der Waals surface area contributed by atoms with E-state index in [1.54, 1.807) is 29.2 Å². The van der Waals surface area contributed by atoms with Crippen LogP contribution in [0.15, 0.2) is 41.2 Å². The van der Waals surface area contributed by atoms with Crippen molar-refractivity contribution in [3.05, 3.63) is 58.0 Å². The van der Waals surface area contributed by atoms with Gasteiger partial charge in [-0.3, -0.25) is 14.4 Å². The van der Waals surface area contributed by atoms with Gasteiger partial charge in [0.05, 0.1) is 0 Å². The molecule has 0 aliphatic rings. The largest absolute Gasteiger partial charge is 0.339 e. The van der Waals surface area contributed by atoms with E-state index in [2.05, 4.69) is 10.4 Å². The van der Waals surface area contributed by atoms with E-state index >= 15 is 0 Å². The summed E-state index contributed by atoms with van der Waals surface area (Å²) in [6, 6.07) is 9.33. The van der Waals surface area contributed by atoms with Crippen molar-refractivity contribution in [1.29, 1.82) is 0 Å². The third-order valence-corrected chi connectivity index (χ3v) is 3.63. The molecule has 0 bridgehead atoms. The number of rotatable bonds is 5. The predicted octanol–water partition coefficient (Wildman–Crippen LogP) is 1.51. The molecule has 0 aliphatic heterocycles. The Bertz CT molecular complexity index is 792. The van der Waals surface area contributed by atoms with Gasteiger partial charge in [-0.1, -0.05) is 0 Å². The Kier molecular flexibility index (Phi) is 5.47. The molecule has 0 spiro atoms. The number of aromatic nitrogens is 2. The van der Waals surface area contributed by atoms with Gasteiger partial charge < -0.3 is 10.2 Å². The van der Waals surface area contributed by atoms with Gasteiger partial charge in [0, 0.05) is 37.5 Å². The van der Waals surface area contributed by atoms with E-state index in [0.29, 0.717) is 24.3 Å². The Labute approximate surface area is 139 Å². The average Bonchev–Trinajstić information content (AvgIpc) is 2.59. The molecule has 24 heavy (non-hydrogen) atoms. The summed E-state index contributed by atoms with van der Waals surface area (Å²) in [5, 5.41) is 6.58. The predicted molar refractivity (Wildman–Crippen MR) is 91.1 cm³/mol. The monoisotopic (exact) mass is 328 g/mol. The number of hydrogen-bond donors (Lipinski definition) is 1. The van der Waals surface area contributed by atoms with E-state index in [9.17, 15) is 14.4 Å². The van der Waals surface area contributed by atoms with Crippen LogP contribution in [0.25, 0.3) is 0 Å². The van der Waals surface area contributed by atoms with Gasteiger partial charge in [-0.25, -0.2) is 4.68 Å². The topological polar surface area (TPSA) is 84.3 Å². The average molecular weight is 328 g/mol. The van der Waals surface area contributed by atoms with Crippen LogP contribution in [0, 0.1) is 0 Å². The van der Waals surface area contributed by atoms with Crippen LogP contribution in [0.4, 0.5) is 5.69 Å². The van der Waals surface area contributed by atoms with Crippen LogP contribution in [0.5, 0.6) is 0 Å². The fraction of sp³-hybridized carbons (Fsp3) is 0.294. The first-order chi connectivity index (χ1) is 11.5. The Morgan fingerprint density at radius 2 is 1.71 bits per heavy atom. The molecule has 1 aromatic carbocycles. The number of carbonyl (C=O) groups excluding carboxylic acids is 2. The minimum Gasteiger partial charge on any atom is -0.339 e. The second kappa shape index (κ2) is 7.54. The second-order valence-electron chi connectivity index (χ2n) is 5.19. The molecule has 1 heterocycles. The summed E-state index contributed by atoms with van der Waals surface area (Å²) in [7, 11) is 1.48. The van der Waals surface area contributed by atoms with Gasteiger partial charge >= 0.3 is 0 Å². The lowest BCUT2D eigenvalue weighted by atomic mass is 10.1. The summed E-state index contributed by atoms with van der Waals surface area (Å²) in [6.07, 6.45) is 0. The maximum absolute atomic E-state index is 12.2. The van der Waals surface area contributed by atoms with Crippen molar-refractivity contribution in [3.63, 3.8) is 0 Å². The molecule has 0 fully saturated rings. The van der Waals surface area contributed by atoms with Crippen molar-refractivity contribution in [2.75, 3.05) is 18.4 Å². The van der Waals surface area contributed by atoms with Crippen LogP contribution in [0.3, 0.4) is 0 Å². The van der Waals surface area contributed by atoms with Crippen LogP contribution in [-0.2, 0) is 7.05 Å². The molecule has 0 saturated heterocycles. The molecule has 0 saturated carbocycles. The number of benzene rings is 1. The van der Waals surface area contributed by atoms with E-state index in [1.165, 1.54) is 19.2 Å². The van der Waals surface area contributed by atoms with E-state index in [-0.39, 0.29) is 17.2 Å². The van der Waals surface area contributed by atoms with Crippen molar-refractivity contribution in [3.8, 4) is 0 Å². The van der Waals surface area contributed by atoms with Crippen molar-refractivity contribution in [2.24, 2.45) is 7.05 Å². The lowest BCUT2D eigenvalue weighted by molar-refractivity contribution is 0.0773. The summed E-state index contributed by atoms with van der Waals surface area (Å²) < 4.78 is 1.10. The minimum atomic E-state index is -0.423. The zero-order valence-electron chi connectivity index (χ0n) is 13.9. The molecule has 1 aromatic heterocycles. The molecule has 7 heteroatoms. The molecule has 2 rings (SSSR count). The fourth-order valence-corrected chi connectivity index (χ4v) is 2.21. The van der Waals surface area contributed by atoms with E-state index in [4.69, 9.17) is 0 Å². The molecule has 2 aromatic rings. The molecular formula is C17H20N4O3. The van der Waals surface area contributed by atoms with Crippen LogP contribution in [0.1, 0.15) is 34.7 Å². The first-order valence-electron chi connectivity index (χ1n) is 7.71. The van der Waals surface area contributed by atoms with Crippen molar-refractivity contribution in [1.82, 2.24) is 14.7 Å². The Hall–Kier alpha value is -2.96. The highest BCUT2D eigenvalue weighted by Gasteiger charge is 2.13. The van der Waals surface area contributed by atoms with Crippen LogP contribution in [0.2, 0.25) is 0 Å². The smallest absolute Gasteiger partial charge is 0.276 e. The third-order valence-electron chi connectivity index (χ3n) is 3.63.